The lowest BCUT2D eigenvalue weighted by molar-refractivity contribution is -0.0522. The van der Waals surface area contributed by atoms with Gasteiger partial charge in [-0.25, -0.2) is 4.39 Å². The lowest BCUT2D eigenvalue weighted by Gasteiger charge is -2.42. The Kier molecular flexibility index (Phi) is 4.78. The molecule has 0 saturated carbocycles. The minimum atomic E-state index is -3.02. The molecule has 0 aromatic heterocycles. The van der Waals surface area contributed by atoms with E-state index in [2.05, 4.69) is 23.5 Å². The van der Waals surface area contributed by atoms with Crippen molar-refractivity contribution in [3.8, 4) is 5.75 Å². The van der Waals surface area contributed by atoms with Crippen molar-refractivity contribution in [3.05, 3.63) is 29.6 Å². The Hall–Kier alpha value is -1.27. The Bertz CT molecular complexity index is 494. The van der Waals surface area contributed by atoms with Crippen LogP contribution >= 0.6 is 0 Å². The van der Waals surface area contributed by atoms with Gasteiger partial charge >= 0.3 is 6.61 Å². The molecule has 3 nitrogen and oxygen atoms in total. The molecule has 21 heavy (non-hydrogen) atoms. The molecular weight excluding hydrogens is 281 g/mol. The number of halogens is 3. The summed E-state index contributed by atoms with van der Waals surface area (Å²) in [7, 11) is 0. The zero-order valence-electron chi connectivity index (χ0n) is 12.3. The number of hydrogen-bond donors (Lipinski definition) is 1. The average Bonchev–Trinajstić information content (AvgIpc) is 2.36. The third kappa shape index (κ3) is 4.11. The van der Waals surface area contributed by atoms with Crippen LogP contribution in [0.15, 0.2) is 18.2 Å². The molecule has 0 radical (unpaired) electrons. The van der Waals surface area contributed by atoms with E-state index in [1.807, 2.05) is 0 Å². The number of hydrogen-bond acceptors (Lipinski definition) is 3. The lowest BCUT2D eigenvalue weighted by Crippen LogP contribution is -2.52. The highest BCUT2D eigenvalue weighted by atomic mass is 19.3. The van der Waals surface area contributed by atoms with E-state index in [0.29, 0.717) is 6.54 Å². The first-order chi connectivity index (χ1) is 9.78. The van der Waals surface area contributed by atoms with Crippen molar-refractivity contribution in [2.45, 2.75) is 39.5 Å². The van der Waals surface area contributed by atoms with Gasteiger partial charge in [0, 0.05) is 25.7 Å². The SMILES string of the molecule is CC1(C)CN(Cc2ccc(OC(F)F)c(F)c2)CCC1N. The van der Waals surface area contributed by atoms with Gasteiger partial charge in [0.1, 0.15) is 0 Å². The molecule has 2 N–H and O–H groups in total. The fourth-order valence-corrected chi connectivity index (χ4v) is 2.71. The van der Waals surface area contributed by atoms with Crippen LogP contribution in [-0.4, -0.2) is 30.6 Å². The van der Waals surface area contributed by atoms with Gasteiger partial charge in [0.2, 0.25) is 0 Å². The number of likely N-dealkylation sites (tertiary alicyclic amines) is 1. The molecule has 1 aromatic carbocycles. The summed E-state index contributed by atoms with van der Waals surface area (Å²) in [6.07, 6.45) is 0.891. The number of piperidine rings is 1. The van der Waals surface area contributed by atoms with Gasteiger partial charge in [-0.2, -0.15) is 8.78 Å². The average molecular weight is 302 g/mol. The van der Waals surface area contributed by atoms with Crippen LogP contribution in [0.25, 0.3) is 0 Å². The number of ether oxygens (including phenoxy) is 1. The Balaban J connectivity index is 2.02. The second kappa shape index (κ2) is 6.23. The molecule has 1 heterocycles. The molecule has 0 aliphatic carbocycles. The number of nitrogens with two attached hydrogens (primary N) is 1. The van der Waals surface area contributed by atoms with Crippen LogP contribution < -0.4 is 10.5 Å². The van der Waals surface area contributed by atoms with E-state index in [1.165, 1.54) is 12.1 Å². The topological polar surface area (TPSA) is 38.5 Å². The van der Waals surface area contributed by atoms with Gasteiger partial charge in [-0.3, -0.25) is 4.90 Å². The minimum Gasteiger partial charge on any atom is -0.432 e. The first-order valence-electron chi connectivity index (χ1n) is 6.99. The molecule has 0 bridgehead atoms. The molecule has 1 unspecified atom stereocenters. The maximum absolute atomic E-state index is 13.7. The summed E-state index contributed by atoms with van der Waals surface area (Å²) in [6.45, 7) is 3.46. The fraction of sp³-hybridized carbons (Fsp3) is 0.600. The quantitative estimate of drug-likeness (QED) is 0.929. The molecule has 1 aromatic rings. The maximum atomic E-state index is 13.7. The van der Waals surface area contributed by atoms with E-state index in [1.54, 1.807) is 6.07 Å². The third-order valence-electron chi connectivity index (χ3n) is 4.01. The Morgan fingerprint density at radius 1 is 1.43 bits per heavy atom. The van der Waals surface area contributed by atoms with E-state index >= 15 is 0 Å². The van der Waals surface area contributed by atoms with Gasteiger partial charge < -0.3 is 10.5 Å². The van der Waals surface area contributed by atoms with Crippen LogP contribution in [0.5, 0.6) is 5.75 Å². The Morgan fingerprint density at radius 2 is 2.14 bits per heavy atom. The van der Waals surface area contributed by atoms with Crippen LogP contribution in [0.4, 0.5) is 13.2 Å². The van der Waals surface area contributed by atoms with Crippen LogP contribution in [0, 0.1) is 11.2 Å². The fourth-order valence-electron chi connectivity index (χ4n) is 2.71. The Morgan fingerprint density at radius 3 is 2.71 bits per heavy atom. The van der Waals surface area contributed by atoms with E-state index < -0.39 is 18.2 Å². The predicted molar refractivity (Wildman–Crippen MR) is 74.7 cm³/mol. The highest BCUT2D eigenvalue weighted by Gasteiger charge is 2.33. The Labute approximate surface area is 122 Å². The highest BCUT2D eigenvalue weighted by Crippen LogP contribution is 2.29. The largest absolute Gasteiger partial charge is 0.432 e. The van der Waals surface area contributed by atoms with E-state index in [-0.39, 0.29) is 11.5 Å². The molecule has 1 aliphatic rings. The van der Waals surface area contributed by atoms with Crippen molar-refractivity contribution in [3.63, 3.8) is 0 Å². The molecule has 0 amide bonds. The second-order valence-corrected chi connectivity index (χ2v) is 6.24. The van der Waals surface area contributed by atoms with Crippen LogP contribution in [0.3, 0.4) is 0 Å². The minimum absolute atomic E-state index is 0.00945. The summed E-state index contributed by atoms with van der Waals surface area (Å²) in [4.78, 5) is 2.20. The summed E-state index contributed by atoms with van der Waals surface area (Å²) in [6, 6.07) is 4.27. The van der Waals surface area contributed by atoms with Crippen LogP contribution in [0.2, 0.25) is 0 Å². The maximum Gasteiger partial charge on any atom is 0.387 e. The zero-order valence-corrected chi connectivity index (χ0v) is 12.3. The number of nitrogens with zero attached hydrogens (tertiary/aromatic N) is 1. The first-order valence-corrected chi connectivity index (χ1v) is 6.99. The molecule has 1 fully saturated rings. The summed E-state index contributed by atoms with van der Waals surface area (Å²) in [5.41, 5.74) is 6.83. The molecule has 118 valence electrons. The normalized spacial score (nSPS) is 22.5. The van der Waals surface area contributed by atoms with Gasteiger partial charge in [0.05, 0.1) is 0 Å². The predicted octanol–water partition coefficient (Wildman–Crippen LogP) is 2.99. The second-order valence-electron chi connectivity index (χ2n) is 6.24. The summed E-state index contributed by atoms with van der Waals surface area (Å²) in [5, 5.41) is 0. The standard InChI is InChI=1S/C15H21F3N2O/c1-15(2)9-20(6-5-13(15)19)8-10-3-4-12(11(16)7-10)21-14(17)18/h3-4,7,13-14H,5-6,8-9,19H2,1-2H3. The molecule has 6 heteroatoms. The van der Waals surface area contributed by atoms with Crippen LogP contribution in [0.1, 0.15) is 25.8 Å². The molecule has 0 spiro atoms. The summed E-state index contributed by atoms with van der Waals surface area (Å²) < 4.78 is 42.0. The summed E-state index contributed by atoms with van der Waals surface area (Å²) in [5.74, 6) is -1.18. The van der Waals surface area contributed by atoms with E-state index in [9.17, 15) is 13.2 Å². The number of alkyl halides is 2. The zero-order chi connectivity index (χ0) is 15.6. The van der Waals surface area contributed by atoms with Crippen molar-refractivity contribution >= 4 is 0 Å². The van der Waals surface area contributed by atoms with Crippen molar-refractivity contribution < 1.29 is 17.9 Å². The highest BCUT2D eigenvalue weighted by molar-refractivity contribution is 5.29. The van der Waals surface area contributed by atoms with Gasteiger partial charge in [-0.05, 0) is 29.5 Å². The molecular formula is C15H21F3N2O. The van der Waals surface area contributed by atoms with Crippen molar-refractivity contribution in [2.75, 3.05) is 13.1 Å². The van der Waals surface area contributed by atoms with Crippen molar-refractivity contribution in [1.29, 1.82) is 0 Å². The molecule has 1 atom stereocenters. The smallest absolute Gasteiger partial charge is 0.387 e. The van der Waals surface area contributed by atoms with Gasteiger partial charge in [-0.15, -0.1) is 0 Å². The number of benzene rings is 1. The molecule has 2 rings (SSSR count). The molecule has 1 aliphatic heterocycles. The number of rotatable bonds is 4. The lowest BCUT2D eigenvalue weighted by atomic mass is 9.79. The monoisotopic (exact) mass is 302 g/mol. The summed E-state index contributed by atoms with van der Waals surface area (Å²) >= 11 is 0. The van der Waals surface area contributed by atoms with Crippen molar-refractivity contribution in [1.82, 2.24) is 4.90 Å². The van der Waals surface area contributed by atoms with Crippen LogP contribution in [-0.2, 0) is 6.54 Å². The van der Waals surface area contributed by atoms with Gasteiger partial charge in [0.25, 0.3) is 0 Å². The van der Waals surface area contributed by atoms with Gasteiger partial charge in [0.15, 0.2) is 11.6 Å². The van der Waals surface area contributed by atoms with E-state index in [4.69, 9.17) is 5.73 Å². The van der Waals surface area contributed by atoms with Gasteiger partial charge in [-0.1, -0.05) is 19.9 Å². The molecule has 1 saturated heterocycles. The third-order valence-corrected chi connectivity index (χ3v) is 4.01. The first kappa shape index (κ1) is 16.1. The van der Waals surface area contributed by atoms with E-state index in [0.717, 1.165) is 25.1 Å². The van der Waals surface area contributed by atoms with Crippen molar-refractivity contribution in [2.24, 2.45) is 11.1 Å².